The molecule has 2 aromatic carbocycles. The molecule has 1 fully saturated rings. The van der Waals surface area contributed by atoms with Gasteiger partial charge in [0.25, 0.3) is 0 Å². The second-order valence-electron chi connectivity index (χ2n) is 7.94. The lowest BCUT2D eigenvalue weighted by Gasteiger charge is -2.32. The molecule has 0 unspecified atom stereocenters. The number of nitrogens with zero attached hydrogens (tertiary/aromatic N) is 3. The molecule has 5 rings (SSSR count). The molecule has 1 aromatic heterocycles. The lowest BCUT2D eigenvalue weighted by atomic mass is 9.95. The SMILES string of the molecule is O=C(NCc1ccc2c(c1)OCO2)C1CCN(c2cc(-c3ccc(F)cc3)ncn2)CC1. The summed E-state index contributed by atoms with van der Waals surface area (Å²) in [5.41, 5.74) is 2.57. The molecule has 7 nitrogen and oxygen atoms in total. The summed E-state index contributed by atoms with van der Waals surface area (Å²) >= 11 is 0. The quantitative estimate of drug-likeness (QED) is 0.662. The summed E-state index contributed by atoms with van der Waals surface area (Å²) in [5, 5.41) is 3.04. The minimum atomic E-state index is -0.276. The van der Waals surface area contributed by atoms with Crippen LogP contribution in [-0.4, -0.2) is 35.8 Å². The summed E-state index contributed by atoms with van der Waals surface area (Å²) in [6, 6.07) is 13.9. The summed E-state index contributed by atoms with van der Waals surface area (Å²) in [7, 11) is 0. The van der Waals surface area contributed by atoms with Crippen LogP contribution in [0, 0.1) is 11.7 Å². The zero-order valence-corrected chi connectivity index (χ0v) is 17.5. The van der Waals surface area contributed by atoms with E-state index in [2.05, 4.69) is 20.2 Å². The molecular weight excluding hydrogens is 411 g/mol. The van der Waals surface area contributed by atoms with E-state index in [1.165, 1.54) is 18.5 Å². The van der Waals surface area contributed by atoms with Crippen molar-refractivity contribution < 1.29 is 18.7 Å². The fraction of sp³-hybridized carbons (Fsp3) is 0.292. The molecule has 164 valence electrons. The monoisotopic (exact) mass is 434 g/mol. The van der Waals surface area contributed by atoms with Crippen LogP contribution in [0.3, 0.4) is 0 Å². The average Bonchev–Trinajstić information content (AvgIpc) is 3.31. The first kappa shape index (κ1) is 20.2. The number of fused-ring (bicyclic) bond motifs is 1. The van der Waals surface area contributed by atoms with Gasteiger partial charge in [0.2, 0.25) is 12.7 Å². The molecular formula is C24H23FN4O3. The Hall–Kier alpha value is -3.68. The Bertz CT molecular complexity index is 1110. The van der Waals surface area contributed by atoms with Gasteiger partial charge in [-0.05, 0) is 54.8 Å². The van der Waals surface area contributed by atoms with Gasteiger partial charge in [-0.15, -0.1) is 0 Å². The smallest absolute Gasteiger partial charge is 0.231 e. The van der Waals surface area contributed by atoms with Gasteiger partial charge in [0.05, 0.1) is 5.69 Å². The molecule has 2 aliphatic heterocycles. The van der Waals surface area contributed by atoms with Gasteiger partial charge in [-0.1, -0.05) is 6.07 Å². The Kier molecular flexibility index (Phi) is 5.58. The summed E-state index contributed by atoms with van der Waals surface area (Å²) in [4.78, 5) is 23.5. The van der Waals surface area contributed by atoms with E-state index in [1.807, 2.05) is 24.3 Å². The molecule has 1 amide bonds. The van der Waals surface area contributed by atoms with Crippen LogP contribution < -0.4 is 19.7 Å². The van der Waals surface area contributed by atoms with Gasteiger partial charge in [0.1, 0.15) is 18.0 Å². The van der Waals surface area contributed by atoms with E-state index in [0.717, 1.165) is 60.1 Å². The number of ether oxygens (including phenoxy) is 2. The molecule has 0 bridgehead atoms. The number of aromatic nitrogens is 2. The number of nitrogens with one attached hydrogen (secondary N) is 1. The van der Waals surface area contributed by atoms with Gasteiger partial charge in [-0.25, -0.2) is 14.4 Å². The molecule has 0 aliphatic carbocycles. The van der Waals surface area contributed by atoms with Crippen molar-refractivity contribution in [1.82, 2.24) is 15.3 Å². The Morgan fingerprint density at radius 3 is 2.62 bits per heavy atom. The number of piperidine rings is 1. The number of hydrogen-bond acceptors (Lipinski definition) is 6. The normalized spacial score (nSPS) is 15.6. The zero-order valence-electron chi connectivity index (χ0n) is 17.5. The maximum atomic E-state index is 13.2. The van der Waals surface area contributed by atoms with Crippen molar-refractivity contribution in [3.8, 4) is 22.8 Å². The molecule has 1 N–H and O–H groups in total. The molecule has 3 heterocycles. The molecule has 0 spiro atoms. The standard InChI is InChI=1S/C24H23FN4O3/c25-19-4-2-17(3-5-19)20-12-23(28-14-27-20)29-9-7-18(8-10-29)24(30)26-13-16-1-6-21-22(11-16)32-15-31-21/h1-6,11-12,14,18H,7-10,13,15H2,(H,26,30). The molecule has 0 radical (unpaired) electrons. The third kappa shape index (κ3) is 4.34. The van der Waals surface area contributed by atoms with Gasteiger partial charge < -0.3 is 19.7 Å². The van der Waals surface area contributed by atoms with Gasteiger partial charge in [-0.2, -0.15) is 0 Å². The minimum Gasteiger partial charge on any atom is -0.454 e. The second-order valence-corrected chi connectivity index (χ2v) is 7.94. The third-order valence-electron chi connectivity index (χ3n) is 5.89. The highest BCUT2D eigenvalue weighted by Crippen LogP contribution is 2.32. The van der Waals surface area contributed by atoms with Crippen molar-refractivity contribution in [2.45, 2.75) is 19.4 Å². The Morgan fingerprint density at radius 2 is 1.81 bits per heavy atom. The number of carbonyl (C=O) groups is 1. The number of carbonyl (C=O) groups excluding carboxylic acids is 1. The van der Waals surface area contributed by atoms with Crippen LogP contribution >= 0.6 is 0 Å². The van der Waals surface area contributed by atoms with Crippen LogP contribution in [0.25, 0.3) is 11.3 Å². The predicted molar refractivity (Wildman–Crippen MR) is 117 cm³/mol. The van der Waals surface area contributed by atoms with Gasteiger partial charge >= 0.3 is 0 Å². The van der Waals surface area contributed by atoms with Crippen molar-refractivity contribution in [3.63, 3.8) is 0 Å². The van der Waals surface area contributed by atoms with Gasteiger partial charge in [0, 0.05) is 37.2 Å². The van der Waals surface area contributed by atoms with E-state index >= 15 is 0 Å². The Morgan fingerprint density at radius 1 is 1.03 bits per heavy atom. The maximum Gasteiger partial charge on any atom is 0.231 e. The Balaban J connectivity index is 1.16. The number of hydrogen-bond donors (Lipinski definition) is 1. The van der Waals surface area contributed by atoms with Crippen LogP contribution in [0.2, 0.25) is 0 Å². The highest BCUT2D eigenvalue weighted by atomic mass is 19.1. The van der Waals surface area contributed by atoms with Crippen molar-refractivity contribution in [1.29, 1.82) is 0 Å². The summed E-state index contributed by atoms with van der Waals surface area (Å²) in [6.45, 7) is 2.17. The molecule has 1 saturated heterocycles. The van der Waals surface area contributed by atoms with E-state index in [1.54, 1.807) is 12.1 Å². The first-order valence-electron chi connectivity index (χ1n) is 10.6. The third-order valence-corrected chi connectivity index (χ3v) is 5.89. The fourth-order valence-corrected chi connectivity index (χ4v) is 4.05. The second kappa shape index (κ2) is 8.82. The van der Waals surface area contributed by atoms with Crippen LogP contribution in [-0.2, 0) is 11.3 Å². The van der Waals surface area contributed by atoms with Crippen molar-refractivity contribution >= 4 is 11.7 Å². The van der Waals surface area contributed by atoms with Gasteiger partial charge in [0.15, 0.2) is 11.5 Å². The summed E-state index contributed by atoms with van der Waals surface area (Å²) in [6.07, 6.45) is 3.03. The number of rotatable bonds is 5. The lowest BCUT2D eigenvalue weighted by Crippen LogP contribution is -2.40. The molecule has 32 heavy (non-hydrogen) atoms. The van der Waals surface area contributed by atoms with Crippen LogP contribution in [0.1, 0.15) is 18.4 Å². The molecule has 0 atom stereocenters. The molecule has 3 aromatic rings. The number of benzene rings is 2. The van der Waals surface area contributed by atoms with E-state index in [-0.39, 0.29) is 24.4 Å². The predicted octanol–water partition coefficient (Wildman–Crippen LogP) is 3.54. The number of halogens is 1. The largest absolute Gasteiger partial charge is 0.454 e. The number of anilines is 1. The topological polar surface area (TPSA) is 76.6 Å². The average molecular weight is 434 g/mol. The number of amides is 1. The fourth-order valence-electron chi connectivity index (χ4n) is 4.05. The summed E-state index contributed by atoms with van der Waals surface area (Å²) < 4.78 is 23.9. The first-order chi connectivity index (χ1) is 15.7. The first-order valence-corrected chi connectivity index (χ1v) is 10.6. The van der Waals surface area contributed by atoms with E-state index < -0.39 is 0 Å². The zero-order chi connectivity index (χ0) is 21.9. The molecule has 8 heteroatoms. The van der Waals surface area contributed by atoms with Crippen molar-refractivity contribution in [3.05, 3.63) is 66.2 Å². The highest BCUT2D eigenvalue weighted by molar-refractivity contribution is 5.79. The van der Waals surface area contributed by atoms with Crippen molar-refractivity contribution in [2.24, 2.45) is 5.92 Å². The van der Waals surface area contributed by atoms with Crippen molar-refractivity contribution in [2.75, 3.05) is 24.8 Å². The van der Waals surface area contributed by atoms with E-state index in [9.17, 15) is 9.18 Å². The van der Waals surface area contributed by atoms with Crippen LogP contribution in [0.15, 0.2) is 54.9 Å². The minimum absolute atomic E-state index is 0.0290. The molecule has 2 aliphatic rings. The highest BCUT2D eigenvalue weighted by Gasteiger charge is 2.26. The van der Waals surface area contributed by atoms with E-state index in [0.29, 0.717) is 6.54 Å². The van der Waals surface area contributed by atoms with E-state index in [4.69, 9.17) is 9.47 Å². The van der Waals surface area contributed by atoms with Crippen LogP contribution in [0.5, 0.6) is 11.5 Å². The Labute approximate surface area is 185 Å². The summed E-state index contributed by atoms with van der Waals surface area (Å²) in [5.74, 6) is 2.03. The maximum absolute atomic E-state index is 13.2. The lowest BCUT2D eigenvalue weighted by molar-refractivity contribution is -0.125. The van der Waals surface area contributed by atoms with Crippen LogP contribution in [0.4, 0.5) is 10.2 Å². The molecule has 0 saturated carbocycles. The van der Waals surface area contributed by atoms with Gasteiger partial charge in [-0.3, -0.25) is 4.79 Å².